The summed E-state index contributed by atoms with van der Waals surface area (Å²) in [6.45, 7) is 6.03. The Morgan fingerprint density at radius 2 is 1.83 bits per heavy atom. The van der Waals surface area contributed by atoms with Crippen molar-refractivity contribution in [3.05, 3.63) is 70.9 Å². The van der Waals surface area contributed by atoms with Crippen molar-refractivity contribution >= 4 is 22.7 Å². The molecule has 154 valence electrons. The summed E-state index contributed by atoms with van der Waals surface area (Å²) in [5.74, 6) is 0.374. The minimum absolute atomic E-state index is 0.0191. The van der Waals surface area contributed by atoms with Gasteiger partial charge in [-0.25, -0.2) is 0 Å². The van der Waals surface area contributed by atoms with E-state index in [0.29, 0.717) is 32.0 Å². The summed E-state index contributed by atoms with van der Waals surface area (Å²) in [5.41, 5.74) is 5.31. The van der Waals surface area contributed by atoms with Crippen LogP contribution in [0.1, 0.15) is 47.4 Å². The number of aromatic nitrogens is 1. The molecule has 5 heteroatoms. The lowest BCUT2D eigenvalue weighted by molar-refractivity contribution is -0.137. The third kappa shape index (κ3) is 3.09. The van der Waals surface area contributed by atoms with Gasteiger partial charge in [0.1, 0.15) is 6.04 Å². The third-order valence-electron chi connectivity index (χ3n) is 6.40. The van der Waals surface area contributed by atoms with Crippen LogP contribution >= 0.6 is 0 Å². The van der Waals surface area contributed by atoms with Crippen LogP contribution in [0.25, 0.3) is 10.9 Å². The molecule has 0 radical (unpaired) electrons. The van der Waals surface area contributed by atoms with Gasteiger partial charge in [-0.2, -0.15) is 0 Å². The van der Waals surface area contributed by atoms with Crippen LogP contribution < -0.4 is 0 Å². The highest BCUT2D eigenvalue weighted by atomic mass is 16.2. The molecule has 1 atom stereocenters. The van der Waals surface area contributed by atoms with Gasteiger partial charge in [0.2, 0.25) is 5.91 Å². The predicted octanol–water partition coefficient (Wildman–Crippen LogP) is 4.12. The number of carbonyl (C=O) groups is 2. The number of hydrogen-bond donors (Lipinski definition) is 1. The van der Waals surface area contributed by atoms with Gasteiger partial charge >= 0.3 is 0 Å². The van der Waals surface area contributed by atoms with Crippen LogP contribution in [-0.2, 0) is 24.3 Å². The first-order valence-corrected chi connectivity index (χ1v) is 10.8. The van der Waals surface area contributed by atoms with Crippen LogP contribution in [0.5, 0.6) is 0 Å². The van der Waals surface area contributed by atoms with Gasteiger partial charge in [-0.15, -0.1) is 0 Å². The molecule has 30 heavy (non-hydrogen) atoms. The topological polar surface area (TPSA) is 56.4 Å². The SMILES string of the molecule is CC(C)CC(C(=O)N1CCc2[nH]c3ccccc3c2C1)N1Cc2ccccc2C1=O. The first-order chi connectivity index (χ1) is 14.5. The average Bonchev–Trinajstić information content (AvgIpc) is 3.29. The zero-order valence-corrected chi connectivity index (χ0v) is 17.5. The van der Waals surface area contributed by atoms with Gasteiger partial charge in [-0.05, 0) is 30.0 Å². The molecule has 0 fully saturated rings. The zero-order valence-electron chi connectivity index (χ0n) is 17.5. The fraction of sp³-hybridized carbons (Fsp3) is 0.360. The van der Waals surface area contributed by atoms with E-state index in [4.69, 9.17) is 0 Å². The van der Waals surface area contributed by atoms with Crippen LogP contribution in [0.15, 0.2) is 48.5 Å². The Morgan fingerprint density at radius 3 is 2.63 bits per heavy atom. The molecular formula is C25H27N3O2. The molecule has 0 saturated heterocycles. The maximum absolute atomic E-state index is 13.7. The summed E-state index contributed by atoms with van der Waals surface area (Å²) in [6, 6.07) is 15.6. The maximum atomic E-state index is 13.7. The highest BCUT2D eigenvalue weighted by molar-refractivity contribution is 6.01. The molecule has 5 rings (SSSR count). The summed E-state index contributed by atoms with van der Waals surface area (Å²) in [5, 5.41) is 1.19. The van der Waals surface area contributed by atoms with Crippen LogP contribution in [0.3, 0.4) is 0 Å². The number of carbonyl (C=O) groups excluding carboxylic acids is 2. The summed E-state index contributed by atoms with van der Waals surface area (Å²) in [7, 11) is 0. The summed E-state index contributed by atoms with van der Waals surface area (Å²) in [6.07, 6.45) is 1.49. The molecule has 1 unspecified atom stereocenters. The number of hydrogen-bond acceptors (Lipinski definition) is 2. The minimum atomic E-state index is -0.420. The number of H-pyrrole nitrogens is 1. The van der Waals surface area contributed by atoms with E-state index in [1.165, 1.54) is 16.6 Å². The van der Waals surface area contributed by atoms with Gasteiger partial charge in [0.15, 0.2) is 0 Å². The van der Waals surface area contributed by atoms with Crippen molar-refractivity contribution in [2.45, 2.75) is 45.8 Å². The fourth-order valence-electron chi connectivity index (χ4n) is 4.90. The number of rotatable bonds is 4. The number of nitrogens with zero attached hydrogens (tertiary/aromatic N) is 2. The van der Waals surface area contributed by atoms with Crippen LogP contribution in [0, 0.1) is 5.92 Å². The highest BCUT2D eigenvalue weighted by Crippen LogP contribution is 2.31. The first-order valence-electron chi connectivity index (χ1n) is 10.8. The van der Waals surface area contributed by atoms with Crippen molar-refractivity contribution in [2.75, 3.05) is 6.54 Å². The Balaban J connectivity index is 1.43. The second-order valence-corrected chi connectivity index (χ2v) is 8.87. The van der Waals surface area contributed by atoms with Crippen molar-refractivity contribution < 1.29 is 9.59 Å². The maximum Gasteiger partial charge on any atom is 0.255 e. The van der Waals surface area contributed by atoms with Crippen LogP contribution in [0.2, 0.25) is 0 Å². The molecule has 0 bridgehead atoms. The number of amides is 2. The molecule has 0 spiro atoms. The van der Waals surface area contributed by atoms with Crippen molar-refractivity contribution in [3.63, 3.8) is 0 Å². The molecule has 0 saturated carbocycles. The third-order valence-corrected chi connectivity index (χ3v) is 6.40. The molecule has 0 aliphatic carbocycles. The lowest BCUT2D eigenvalue weighted by atomic mass is 9.98. The van der Waals surface area contributed by atoms with Gasteiger partial charge in [-0.3, -0.25) is 9.59 Å². The molecule has 1 N–H and O–H groups in total. The molecule has 5 nitrogen and oxygen atoms in total. The quantitative estimate of drug-likeness (QED) is 0.715. The summed E-state index contributed by atoms with van der Waals surface area (Å²) >= 11 is 0. The number of nitrogens with one attached hydrogen (secondary N) is 1. The van der Waals surface area contributed by atoms with E-state index in [-0.39, 0.29) is 11.8 Å². The second-order valence-electron chi connectivity index (χ2n) is 8.87. The predicted molar refractivity (Wildman–Crippen MR) is 117 cm³/mol. The summed E-state index contributed by atoms with van der Waals surface area (Å²) in [4.78, 5) is 34.0. The standard InChI is InChI=1S/C25H27N3O2/c1-16(2)13-23(28-14-17-7-3-4-8-18(17)24(28)29)25(30)27-12-11-22-20(15-27)19-9-5-6-10-21(19)26-22/h3-10,16,23,26H,11-15H2,1-2H3. The largest absolute Gasteiger partial charge is 0.358 e. The lowest BCUT2D eigenvalue weighted by Crippen LogP contribution is -2.50. The first kappa shape index (κ1) is 18.9. The van der Waals surface area contributed by atoms with Crippen molar-refractivity contribution in [2.24, 2.45) is 5.92 Å². The van der Waals surface area contributed by atoms with Gasteiger partial charge in [0.25, 0.3) is 5.91 Å². The monoisotopic (exact) mass is 401 g/mol. The fourth-order valence-corrected chi connectivity index (χ4v) is 4.90. The van der Waals surface area contributed by atoms with Gasteiger partial charge in [0.05, 0.1) is 0 Å². The smallest absolute Gasteiger partial charge is 0.255 e. The second kappa shape index (κ2) is 7.31. The van der Waals surface area contributed by atoms with E-state index in [2.05, 4.69) is 31.0 Å². The summed E-state index contributed by atoms with van der Waals surface area (Å²) < 4.78 is 0. The number of fused-ring (bicyclic) bond motifs is 4. The normalized spacial score (nSPS) is 16.8. The van der Waals surface area contributed by atoms with E-state index in [9.17, 15) is 9.59 Å². The molecule has 2 aliphatic rings. The van der Waals surface area contributed by atoms with E-state index in [0.717, 1.165) is 23.1 Å². The molecule has 2 amide bonds. The van der Waals surface area contributed by atoms with Crippen molar-refractivity contribution in [1.29, 1.82) is 0 Å². The number of para-hydroxylation sites is 1. The van der Waals surface area contributed by atoms with Crippen molar-refractivity contribution in [3.8, 4) is 0 Å². The van der Waals surface area contributed by atoms with Gasteiger partial charge in [0, 0.05) is 53.8 Å². The van der Waals surface area contributed by atoms with Gasteiger partial charge in [-0.1, -0.05) is 50.2 Å². The van der Waals surface area contributed by atoms with E-state index in [1.54, 1.807) is 4.90 Å². The Morgan fingerprint density at radius 1 is 1.07 bits per heavy atom. The van der Waals surface area contributed by atoms with E-state index < -0.39 is 6.04 Å². The van der Waals surface area contributed by atoms with Crippen molar-refractivity contribution in [1.82, 2.24) is 14.8 Å². The lowest BCUT2D eigenvalue weighted by Gasteiger charge is -2.35. The molecule has 2 aromatic carbocycles. The molecule has 1 aromatic heterocycles. The molecule has 3 aromatic rings. The Kier molecular flexibility index (Phi) is 4.61. The minimum Gasteiger partial charge on any atom is -0.358 e. The Bertz CT molecular complexity index is 1130. The number of benzene rings is 2. The number of aromatic amines is 1. The van der Waals surface area contributed by atoms with Crippen LogP contribution in [-0.4, -0.2) is 39.2 Å². The average molecular weight is 402 g/mol. The zero-order chi connectivity index (χ0) is 20.8. The van der Waals surface area contributed by atoms with Gasteiger partial charge < -0.3 is 14.8 Å². The van der Waals surface area contributed by atoms with Crippen LogP contribution in [0.4, 0.5) is 0 Å². The molecule has 2 aliphatic heterocycles. The molecule has 3 heterocycles. The Labute approximate surface area is 176 Å². The van der Waals surface area contributed by atoms with E-state index in [1.807, 2.05) is 41.3 Å². The Hall–Kier alpha value is -3.08. The van der Waals surface area contributed by atoms with E-state index >= 15 is 0 Å². The molecular weight excluding hydrogens is 374 g/mol. The highest BCUT2D eigenvalue weighted by Gasteiger charge is 2.39.